The lowest BCUT2D eigenvalue weighted by molar-refractivity contribution is -0.149. The van der Waals surface area contributed by atoms with Gasteiger partial charge in [-0.3, -0.25) is 0 Å². The van der Waals surface area contributed by atoms with Gasteiger partial charge in [-0.2, -0.15) is 4.98 Å². The molecule has 0 spiro atoms. The molecular formula is C22H24N2O3. The summed E-state index contributed by atoms with van der Waals surface area (Å²) in [5, 5.41) is 4.13. The molecule has 0 atom stereocenters. The summed E-state index contributed by atoms with van der Waals surface area (Å²) in [4.78, 5) is 4.55. The highest BCUT2D eigenvalue weighted by Gasteiger charge is 2.32. The van der Waals surface area contributed by atoms with Crippen molar-refractivity contribution in [3.63, 3.8) is 0 Å². The van der Waals surface area contributed by atoms with Crippen LogP contribution in [0.15, 0.2) is 53.1 Å². The van der Waals surface area contributed by atoms with Crippen LogP contribution in [-0.2, 0) is 21.7 Å². The molecule has 1 saturated heterocycles. The predicted molar refractivity (Wildman–Crippen MR) is 103 cm³/mol. The van der Waals surface area contributed by atoms with E-state index >= 15 is 0 Å². The number of hydrogen-bond donors (Lipinski definition) is 0. The quantitative estimate of drug-likeness (QED) is 0.649. The first-order chi connectivity index (χ1) is 13.0. The summed E-state index contributed by atoms with van der Waals surface area (Å²) in [5.74, 6) is 1.07. The molecule has 5 heteroatoms. The molecular weight excluding hydrogens is 340 g/mol. The van der Waals surface area contributed by atoms with Gasteiger partial charge < -0.3 is 14.0 Å². The first-order valence-electron chi connectivity index (χ1n) is 9.35. The average molecular weight is 364 g/mol. The number of hydrogen-bond acceptors (Lipinski definition) is 5. The standard InChI is InChI=1S/C22H24N2O3/c1-15(2)14-16-4-6-18(7-5-16)21-23-20(24-27-21)17-8-10-19(11-9-17)22(3)25-12-13-26-22/h4-11,15H,12-14H2,1-3H3. The van der Waals surface area contributed by atoms with E-state index < -0.39 is 5.79 Å². The molecule has 1 aromatic heterocycles. The summed E-state index contributed by atoms with van der Waals surface area (Å²) in [6.07, 6.45) is 1.06. The molecule has 0 aliphatic carbocycles. The minimum absolute atomic E-state index is 0.527. The maximum Gasteiger partial charge on any atom is 0.258 e. The Morgan fingerprint density at radius 2 is 1.56 bits per heavy atom. The summed E-state index contributed by atoms with van der Waals surface area (Å²) >= 11 is 0. The lowest BCUT2D eigenvalue weighted by atomic mass is 10.0. The van der Waals surface area contributed by atoms with Crippen molar-refractivity contribution < 1.29 is 14.0 Å². The molecule has 27 heavy (non-hydrogen) atoms. The summed E-state index contributed by atoms with van der Waals surface area (Å²) < 4.78 is 16.9. The van der Waals surface area contributed by atoms with E-state index in [1.165, 1.54) is 5.56 Å². The number of benzene rings is 2. The first-order valence-corrected chi connectivity index (χ1v) is 9.35. The minimum atomic E-state index is -0.668. The van der Waals surface area contributed by atoms with Crippen LogP contribution in [0.3, 0.4) is 0 Å². The van der Waals surface area contributed by atoms with Gasteiger partial charge in [0.25, 0.3) is 5.89 Å². The molecule has 140 valence electrons. The summed E-state index contributed by atoms with van der Waals surface area (Å²) in [6.45, 7) is 7.60. The van der Waals surface area contributed by atoms with Crippen LogP contribution >= 0.6 is 0 Å². The largest absolute Gasteiger partial charge is 0.344 e. The van der Waals surface area contributed by atoms with Gasteiger partial charge in [-0.25, -0.2) is 0 Å². The molecule has 0 radical (unpaired) electrons. The summed E-state index contributed by atoms with van der Waals surface area (Å²) in [5.41, 5.74) is 4.12. The Morgan fingerprint density at radius 3 is 2.19 bits per heavy atom. The van der Waals surface area contributed by atoms with Crippen molar-refractivity contribution in [2.75, 3.05) is 13.2 Å². The zero-order chi connectivity index (χ0) is 18.9. The Kier molecular flexibility index (Phi) is 4.81. The minimum Gasteiger partial charge on any atom is -0.344 e. The van der Waals surface area contributed by atoms with Crippen LogP contribution in [0.25, 0.3) is 22.8 Å². The van der Waals surface area contributed by atoms with Crippen LogP contribution in [0.1, 0.15) is 31.9 Å². The predicted octanol–water partition coefficient (Wildman–Crippen LogP) is 4.82. The zero-order valence-electron chi connectivity index (χ0n) is 15.9. The molecule has 0 unspecified atom stereocenters. The molecule has 2 heterocycles. The number of nitrogens with zero attached hydrogens (tertiary/aromatic N) is 2. The highest BCUT2D eigenvalue weighted by atomic mass is 16.7. The Bertz CT molecular complexity index is 892. The molecule has 4 rings (SSSR count). The monoisotopic (exact) mass is 364 g/mol. The highest BCUT2D eigenvalue weighted by molar-refractivity contribution is 5.60. The van der Waals surface area contributed by atoms with Crippen LogP contribution in [0.2, 0.25) is 0 Å². The molecule has 5 nitrogen and oxygen atoms in total. The molecule has 2 aromatic carbocycles. The topological polar surface area (TPSA) is 57.4 Å². The van der Waals surface area contributed by atoms with Crippen molar-refractivity contribution in [2.24, 2.45) is 5.92 Å². The van der Waals surface area contributed by atoms with Gasteiger partial charge in [0, 0.05) is 16.7 Å². The van der Waals surface area contributed by atoms with Gasteiger partial charge in [-0.05, 0) is 37.0 Å². The third kappa shape index (κ3) is 3.80. The second-order valence-electron chi connectivity index (χ2n) is 7.44. The van der Waals surface area contributed by atoms with Crippen molar-refractivity contribution >= 4 is 0 Å². The van der Waals surface area contributed by atoms with Gasteiger partial charge in [0.05, 0.1) is 13.2 Å². The van der Waals surface area contributed by atoms with E-state index in [9.17, 15) is 0 Å². The van der Waals surface area contributed by atoms with Crippen molar-refractivity contribution in [3.8, 4) is 22.8 Å². The summed E-state index contributed by atoms with van der Waals surface area (Å²) in [7, 11) is 0. The SMILES string of the molecule is CC(C)Cc1ccc(-c2nc(-c3ccc(C4(C)OCCO4)cc3)no2)cc1. The second-order valence-corrected chi connectivity index (χ2v) is 7.44. The molecule has 0 saturated carbocycles. The van der Waals surface area contributed by atoms with Crippen molar-refractivity contribution in [2.45, 2.75) is 33.0 Å². The van der Waals surface area contributed by atoms with Crippen molar-refractivity contribution in [3.05, 3.63) is 59.7 Å². The van der Waals surface area contributed by atoms with Crippen LogP contribution in [0.4, 0.5) is 0 Å². The van der Waals surface area contributed by atoms with E-state index in [0.717, 1.165) is 23.1 Å². The molecule has 0 N–H and O–H groups in total. The van der Waals surface area contributed by atoms with E-state index in [1.54, 1.807) is 0 Å². The van der Waals surface area contributed by atoms with E-state index in [1.807, 2.05) is 43.3 Å². The summed E-state index contributed by atoms with van der Waals surface area (Å²) in [6, 6.07) is 16.2. The first kappa shape index (κ1) is 17.9. The Morgan fingerprint density at radius 1 is 0.926 bits per heavy atom. The molecule has 1 aliphatic rings. The van der Waals surface area contributed by atoms with Gasteiger partial charge in [-0.15, -0.1) is 0 Å². The molecule has 0 bridgehead atoms. The van der Waals surface area contributed by atoms with E-state index in [0.29, 0.717) is 30.8 Å². The maximum absolute atomic E-state index is 5.70. The average Bonchev–Trinajstić information content (AvgIpc) is 3.32. The Balaban J connectivity index is 1.52. The van der Waals surface area contributed by atoms with Crippen LogP contribution in [0.5, 0.6) is 0 Å². The van der Waals surface area contributed by atoms with Crippen LogP contribution in [0, 0.1) is 5.92 Å². The lowest BCUT2D eigenvalue weighted by Crippen LogP contribution is -2.22. The van der Waals surface area contributed by atoms with Crippen LogP contribution < -0.4 is 0 Å². The Labute approximate surface area is 159 Å². The third-order valence-electron chi connectivity index (χ3n) is 4.78. The van der Waals surface area contributed by atoms with Crippen molar-refractivity contribution in [1.82, 2.24) is 10.1 Å². The van der Waals surface area contributed by atoms with E-state index in [4.69, 9.17) is 14.0 Å². The van der Waals surface area contributed by atoms with E-state index in [-0.39, 0.29) is 0 Å². The van der Waals surface area contributed by atoms with Gasteiger partial charge in [0.2, 0.25) is 5.82 Å². The van der Waals surface area contributed by atoms with Gasteiger partial charge >= 0.3 is 0 Å². The second kappa shape index (κ2) is 7.25. The molecule has 1 fully saturated rings. The third-order valence-corrected chi connectivity index (χ3v) is 4.78. The fourth-order valence-electron chi connectivity index (χ4n) is 3.32. The highest BCUT2D eigenvalue weighted by Crippen LogP contribution is 2.32. The van der Waals surface area contributed by atoms with Crippen molar-refractivity contribution in [1.29, 1.82) is 0 Å². The molecule has 0 amide bonds. The smallest absolute Gasteiger partial charge is 0.258 e. The van der Waals surface area contributed by atoms with Gasteiger partial charge in [0.1, 0.15) is 0 Å². The van der Waals surface area contributed by atoms with Gasteiger partial charge in [0.15, 0.2) is 5.79 Å². The normalized spacial score (nSPS) is 16.1. The fraction of sp³-hybridized carbons (Fsp3) is 0.364. The number of ether oxygens (including phenoxy) is 2. The van der Waals surface area contributed by atoms with Crippen LogP contribution in [-0.4, -0.2) is 23.4 Å². The fourth-order valence-corrected chi connectivity index (χ4v) is 3.32. The molecule has 3 aromatic rings. The maximum atomic E-state index is 5.70. The number of rotatable bonds is 5. The lowest BCUT2D eigenvalue weighted by Gasteiger charge is -2.22. The van der Waals surface area contributed by atoms with Gasteiger partial charge in [-0.1, -0.05) is 55.4 Å². The number of aromatic nitrogens is 2. The molecule has 1 aliphatic heterocycles. The zero-order valence-corrected chi connectivity index (χ0v) is 15.9. The van der Waals surface area contributed by atoms with E-state index in [2.05, 4.69) is 36.1 Å². The Hall–Kier alpha value is -2.50.